The first-order valence-electron chi connectivity index (χ1n) is 9.12. The molecule has 2 N–H and O–H groups in total. The average Bonchev–Trinajstić information content (AvgIpc) is 3.07. The van der Waals surface area contributed by atoms with Gasteiger partial charge in [-0.05, 0) is 55.7 Å². The third kappa shape index (κ3) is 4.07. The van der Waals surface area contributed by atoms with Crippen LogP contribution in [0.4, 0.5) is 17.1 Å². The second kappa shape index (κ2) is 8.10. The van der Waals surface area contributed by atoms with E-state index in [0.717, 1.165) is 28.9 Å². The number of hydrogen-bond acceptors (Lipinski definition) is 4. The first kappa shape index (κ1) is 20.0. The van der Waals surface area contributed by atoms with Crippen LogP contribution in [-0.4, -0.2) is 31.5 Å². The molecule has 2 aromatic carbocycles. The van der Waals surface area contributed by atoms with E-state index < -0.39 is 6.04 Å². The SMILES string of the molecule is COc1cc(Cl)c(C)cc1NC(=O)[C@@H](C)Nc1ccc2c(c1)CCN2C(C)=O. The zero-order chi connectivity index (χ0) is 20.4. The van der Waals surface area contributed by atoms with Crippen molar-refractivity contribution in [2.45, 2.75) is 33.2 Å². The lowest BCUT2D eigenvalue weighted by atomic mass is 10.1. The molecule has 1 aliphatic heterocycles. The lowest BCUT2D eigenvalue weighted by molar-refractivity contribution is -0.117. The topological polar surface area (TPSA) is 70.7 Å². The first-order valence-corrected chi connectivity index (χ1v) is 9.50. The third-order valence-corrected chi connectivity index (χ3v) is 5.28. The molecule has 3 rings (SSSR count). The molecule has 0 spiro atoms. The normalized spacial score (nSPS) is 13.7. The van der Waals surface area contributed by atoms with Crippen LogP contribution in [0.1, 0.15) is 25.0 Å². The van der Waals surface area contributed by atoms with Crippen LogP contribution >= 0.6 is 11.6 Å². The quantitative estimate of drug-likeness (QED) is 0.794. The number of amides is 2. The number of halogens is 1. The molecule has 0 bridgehead atoms. The fraction of sp³-hybridized carbons (Fsp3) is 0.333. The van der Waals surface area contributed by atoms with E-state index in [9.17, 15) is 9.59 Å². The predicted octanol–water partition coefficient (Wildman–Crippen LogP) is 4.01. The highest BCUT2D eigenvalue weighted by molar-refractivity contribution is 6.31. The maximum atomic E-state index is 12.6. The molecule has 0 aliphatic carbocycles. The van der Waals surface area contributed by atoms with Crippen LogP contribution in [0, 0.1) is 6.92 Å². The summed E-state index contributed by atoms with van der Waals surface area (Å²) in [6.07, 6.45) is 0.812. The Kier molecular flexibility index (Phi) is 5.79. The zero-order valence-electron chi connectivity index (χ0n) is 16.4. The van der Waals surface area contributed by atoms with Crippen molar-refractivity contribution < 1.29 is 14.3 Å². The molecule has 0 radical (unpaired) electrons. The van der Waals surface area contributed by atoms with Crippen molar-refractivity contribution in [3.05, 3.63) is 46.5 Å². The highest BCUT2D eigenvalue weighted by Gasteiger charge is 2.23. The largest absolute Gasteiger partial charge is 0.495 e. The number of carbonyl (C=O) groups excluding carboxylic acids is 2. The van der Waals surface area contributed by atoms with Gasteiger partial charge in [0.25, 0.3) is 0 Å². The van der Waals surface area contributed by atoms with Gasteiger partial charge >= 0.3 is 0 Å². The monoisotopic (exact) mass is 401 g/mol. The van der Waals surface area contributed by atoms with Gasteiger partial charge in [0.2, 0.25) is 11.8 Å². The Hall–Kier alpha value is -2.73. The van der Waals surface area contributed by atoms with E-state index in [2.05, 4.69) is 10.6 Å². The summed E-state index contributed by atoms with van der Waals surface area (Å²) in [7, 11) is 1.53. The Labute approximate surface area is 169 Å². The fourth-order valence-electron chi connectivity index (χ4n) is 3.30. The van der Waals surface area contributed by atoms with Gasteiger partial charge in [-0.25, -0.2) is 0 Å². The average molecular weight is 402 g/mol. The fourth-order valence-corrected chi connectivity index (χ4v) is 3.46. The number of benzene rings is 2. The summed E-state index contributed by atoms with van der Waals surface area (Å²) < 4.78 is 5.31. The van der Waals surface area contributed by atoms with Crippen LogP contribution in [0.3, 0.4) is 0 Å². The Balaban J connectivity index is 1.70. The molecule has 0 unspecified atom stereocenters. The van der Waals surface area contributed by atoms with Crippen molar-refractivity contribution in [2.24, 2.45) is 0 Å². The smallest absolute Gasteiger partial charge is 0.246 e. The van der Waals surface area contributed by atoms with Crippen molar-refractivity contribution in [3.63, 3.8) is 0 Å². The molecule has 28 heavy (non-hydrogen) atoms. The summed E-state index contributed by atoms with van der Waals surface area (Å²) in [4.78, 5) is 26.1. The molecule has 0 aromatic heterocycles. The van der Waals surface area contributed by atoms with E-state index >= 15 is 0 Å². The molecular weight excluding hydrogens is 378 g/mol. The minimum atomic E-state index is -0.468. The van der Waals surface area contributed by atoms with E-state index in [1.165, 1.54) is 7.11 Å². The molecule has 1 atom stereocenters. The van der Waals surface area contributed by atoms with Gasteiger partial charge in [-0.2, -0.15) is 0 Å². The van der Waals surface area contributed by atoms with Crippen LogP contribution in [0.5, 0.6) is 5.75 Å². The van der Waals surface area contributed by atoms with E-state index in [0.29, 0.717) is 23.0 Å². The summed E-state index contributed by atoms with van der Waals surface area (Å²) in [6, 6.07) is 8.81. The summed E-state index contributed by atoms with van der Waals surface area (Å²) in [6.45, 7) is 5.92. The molecule has 0 fully saturated rings. The van der Waals surface area contributed by atoms with Gasteiger partial charge in [0.1, 0.15) is 11.8 Å². The summed E-state index contributed by atoms with van der Waals surface area (Å²) in [5.74, 6) is 0.364. The van der Waals surface area contributed by atoms with Crippen molar-refractivity contribution in [3.8, 4) is 5.75 Å². The van der Waals surface area contributed by atoms with Gasteiger partial charge in [0.05, 0.1) is 12.8 Å². The molecule has 7 heteroatoms. The molecule has 1 heterocycles. The Morgan fingerprint density at radius 2 is 2.00 bits per heavy atom. The van der Waals surface area contributed by atoms with E-state index in [1.54, 1.807) is 30.9 Å². The van der Waals surface area contributed by atoms with Gasteiger partial charge in [-0.1, -0.05) is 11.6 Å². The van der Waals surface area contributed by atoms with Crippen molar-refractivity contribution >= 4 is 40.5 Å². The second-order valence-corrected chi connectivity index (χ2v) is 7.33. The molecule has 6 nitrogen and oxygen atoms in total. The first-order chi connectivity index (χ1) is 13.3. The molecule has 2 aromatic rings. The summed E-state index contributed by atoms with van der Waals surface area (Å²) in [5, 5.41) is 6.68. The van der Waals surface area contributed by atoms with Crippen molar-refractivity contribution in [2.75, 3.05) is 29.2 Å². The molecule has 0 saturated carbocycles. The molecule has 1 aliphatic rings. The third-order valence-electron chi connectivity index (χ3n) is 4.87. The highest BCUT2D eigenvalue weighted by Crippen LogP contribution is 2.32. The van der Waals surface area contributed by atoms with Gasteiger partial charge in [-0.3, -0.25) is 9.59 Å². The molecule has 2 amide bonds. The predicted molar refractivity (Wildman–Crippen MR) is 113 cm³/mol. The number of aryl methyl sites for hydroxylation is 1. The number of hydrogen-bond donors (Lipinski definition) is 2. The van der Waals surface area contributed by atoms with Crippen molar-refractivity contribution in [1.29, 1.82) is 0 Å². The highest BCUT2D eigenvalue weighted by atomic mass is 35.5. The molecule has 148 valence electrons. The Morgan fingerprint density at radius 3 is 2.68 bits per heavy atom. The molecule has 0 saturated heterocycles. The zero-order valence-corrected chi connectivity index (χ0v) is 17.2. The number of fused-ring (bicyclic) bond motifs is 1. The van der Waals surface area contributed by atoms with Gasteiger partial charge in [-0.15, -0.1) is 0 Å². The van der Waals surface area contributed by atoms with E-state index in [1.807, 2.05) is 25.1 Å². The van der Waals surface area contributed by atoms with Gasteiger partial charge in [0, 0.05) is 35.9 Å². The standard InChI is InChI=1S/C21H24ClN3O3/c1-12-9-18(20(28-4)11-17(12)22)24-21(27)13(2)23-16-5-6-19-15(10-16)7-8-25(19)14(3)26/h5-6,9-11,13,23H,7-8H2,1-4H3,(H,24,27)/t13-/m1/s1. The number of carbonyl (C=O) groups is 2. The number of rotatable bonds is 5. The van der Waals surface area contributed by atoms with Gasteiger partial charge in [0.15, 0.2) is 0 Å². The van der Waals surface area contributed by atoms with Crippen LogP contribution < -0.4 is 20.3 Å². The minimum absolute atomic E-state index is 0.0411. The van der Waals surface area contributed by atoms with Gasteiger partial charge < -0.3 is 20.3 Å². The van der Waals surface area contributed by atoms with Crippen LogP contribution in [0.15, 0.2) is 30.3 Å². The maximum Gasteiger partial charge on any atom is 0.246 e. The van der Waals surface area contributed by atoms with Crippen LogP contribution in [-0.2, 0) is 16.0 Å². The number of ether oxygens (including phenoxy) is 1. The van der Waals surface area contributed by atoms with E-state index in [-0.39, 0.29) is 11.8 Å². The number of anilines is 3. The lowest BCUT2D eigenvalue weighted by Crippen LogP contribution is -2.32. The van der Waals surface area contributed by atoms with Crippen molar-refractivity contribution in [1.82, 2.24) is 0 Å². The van der Waals surface area contributed by atoms with Crippen LogP contribution in [0.2, 0.25) is 5.02 Å². The summed E-state index contributed by atoms with van der Waals surface area (Å²) in [5.41, 5.74) is 4.31. The van der Waals surface area contributed by atoms with E-state index in [4.69, 9.17) is 16.3 Å². The maximum absolute atomic E-state index is 12.6. The number of nitrogens with zero attached hydrogens (tertiary/aromatic N) is 1. The second-order valence-electron chi connectivity index (χ2n) is 6.92. The number of methoxy groups -OCH3 is 1. The lowest BCUT2D eigenvalue weighted by Gasteiger charge is -2.19. The van der Waals surface area contributed by atoms with Crippen LogP contribution in [0.25, 0.3) is 0 Å². The number of nitrogens with one attached hydrogen (secondary N) is 2. The Morgan fingerprint density at radius 1 is 1.25 bits per heavy atom. The summed E-state index contributed by atoms with van der Waals surface area (Å²) >= 11 is 6.12. The minimum Gasteiger partial charge on any atom is -0.495 e. The Bertz CT molecular complexity index is 929. The molecular formula is C21H24ClN3O3.